The van der Waals surface area contributed by atoms with Crippen molar-refractivity contribution in [2.24, 2.45) is 29.1 Å². The smallest absolute Gasteiger partial charge is 0.113 e. The number of hydrogen-bond acceptors (Lipinski definition) is 3. The Morgan fingerprint density at radius 3 is 2.32 bits per heavy atom. The molecule has 1 heterocycles. The first-order chi connectivity index (χ1) is 11.0. The molecule has 1 saturated heterocycles. The lowest BCUT2D eigenvalue weighted by Crippen LogP contribution is -2.62. The van der Waals surface area contributed by atoms with Crippen LogP contribution in [0.4, 0.5) is 0 Å². The molecule has 0 aromatic rings. The van der Waals surface area contributed by atoms with Crippen LogP contribution in [0.25, 0.3) is 0 Å². The Hall–Kier alpha value is -0.640. The van der Waals surface area contributed by atoms with Gasteiger partial charge in [0, 0.05) is 11.8 Å². The SMILES string of the molecule is C.C=C(C)C1CC=C(C)C(C)C1O.CC1(C)C2CC1C1(C)OC1C2O. The second kappa shape index (κ2) is 6.51. The maximum Gasteiger partial charge on any atom is 0.113 e. The monoisotopic (exact) mass is 350 g/mol. The summed E-state index contributed by atoms with van der Waals surface area (Å²) >= 11 is 0. The van der Waals surface area contributed by atoms with Gasteiger partial charge in [0.2, 0.25) is 0 Å². The summed E-state index contributed by atoms with van der Waals surface area (Å²) < 4.78 is 5.62. The molecule has 5 rings (SSSR count). The molecule has 2 bridgehead atoms. The first kappa shape index (κ1) is 20.7. The summed E-state index contributed by atoms with van der Waals surface area (Å²) in [5.74, 6) is 1.73. The van der Waals surface area contributed by atoms with E-state index in [-0.39, 0.29) is 37.3 Å². The molecule has 8 unspecified atom stereocenters. The molecular formula is C22H38O3. The van der Waals surface area contributed by atoms with Crippen LogP contribution < -0.4 is 0 Å². The molecule has 3 heteroatoms. The van der Waals surface area contributed by atoms with E-state index in [1.54, 1.807) is 0 Å². The van der Waals surface area contributed by atoms with Gasteiger partial charge < -0.3 is 14.9 Å². The van der Waals surface area contributed by atoms with Crippen molar-refractivity contribution < 1.29 is 14.9 Å². The zero-order chi connectivity index (χ0) is 18.0. The fraction of sp³-hybridized carbons (Fsp3) is 0.818. The number of epoxide rings is 1. The van der Waals surface area contributed by atoms with Gasteiger partial charge >= 0.3 is 0 Å². The highest BCUT2D eigenvalue weighted by atomic mass is 16.6. The van der Waals surface area contributed by atoms with Crippen LogP contribution >= 0.6 is 0 Å². The fourth-order valence-electron chi connectivity index (χ4n) is 5.40. The average molecular weight is 351 g/mol. The highest BCUT2D eigenvalue weighted by molar-refractivity contribution is 5.24. The maximum atomic E-state index is 9.90. The summed E-state index contributed by atoms with van der Waals surface area (Å²) in [4.78, 5) is 0. The maximum absolute atomic E-state index is 9.90. The van der Waals surface area contributed by atoms with Gasteiger partial charge in [0.1, 0.15) is 6.10 Å². The van der Waals surface area contributed by atoms with E-state index in [4.69, 9.17) is 4.74 Å². The van der Waals surface area contributed by atoms with Gasteiger partial charge in [-0.25, -0.2) is 0 Å². The quantitative estimate of drug-likeness (QED) is 0.546. The average Bonchev–Trinajstić information content (AvgIpc) is 3.18. The van der Waals surface area contributed by atoms with Crippen LogP contribution in [0, 0.1) is 29.1 Å². The molecule has 4 fully saturated rings. The molecule has 0 aromatic carbocycles. The minimum Gasteiger partial charge on any atom is -0.392 e. The third-order valence-corrected chi connectivity index (χ3v) is 7.62. The molecule has 25 heavy (non-hydrogen) atoms. The van der Waals surface area contributed by atoms with E-state index in [0.717, 1.165) is 12.0 Å². The minimum absolute atomic E-state index is 0. The molecule has 0 radical (unpaired) electrons. The number of hydrogen-bond donors (Lipinski definition) is 2. The first-order valence-corrected chi connectivity index (χ1v) is 9.37. The van der Waals surface area contributed by atoms with Gasteiger partial charge in [-0.3, -0.25) is 0 Å². The van der Waals surface area contributed by atoms with Crippen molar-refractivity contribution in [3.8, 4) is 0 Å². The molecular weight excluding hydrogens is 312 g/mol. The van der Waals surface area contributed by atoms with Gasteiger partial charge in [-0.2, -0.15) is 0 Å². The Labute approximate surface area is 154 Å². The predicted molar refractivity (Wildman–Crippen MR) is 103 cm³/mol. The van der Waals surface area contributed by atoms with Gasteiger partial charge in [0.05, 0.1) is 17.8 Å². The van der Waals surface area contributed by atoms with Gasteiger partial charge in [0.15, 0.2) is 0 Å². The van der Waals surface area contributed by atoms with Crippen LogP contribution in [-0.4, -0.2) is 34.1 Å². The summed E-state index contributed by atoms with van der Waals surface area (Å²) in [6.45, 7) is 16.7. The van der Waals surface area contributed by atoms with E-state index >= 15 is 0 Å². The summed E-state index contributed by atoms with van der Waals surface area (Å²) in [5, 5.41) is 19.8. The van der Waals surface area contributed by atoms with Crippen molar-refractivity contribution >= 4 is 0 Å². The summed E-state index contributed by atoms with van der Waals surface area (Å²) in [7, 11) is 0. The van der Waals surface area contributed by atoms with E-state index in [2.05, 4.69) is 47.3 Å². The van der Waals surface area contributed by atoms with Crippen LogP contribution in [0.3, 0.4) is 0 Å². The zero-order valence-electron chi connectivity index (χ0n) is 16.0. The van der Waals surface area contributed by atoms with Crippen LogP contribution in [0.15, 0.2) is 23.8 Å². The van der Waals surface area contributed by atoms with Crippen molar-refractivity contribution in [3.63, 3.8) is 0 Å². The second-order valence-electron chi connectivity index (χ2n) is 9.34. The summed E-state index contributed by atoms with van der Waals surface area (Å²) in [5.41, 5.74) is 2.73. The van der Waals surface area contributed by atoms with Gasteiger partial charge in [0.25, 0.3) is 0 Å². The van der Waals surface area contributed by atoms with Crippen LogP contribution in [0.5, 0.6) is 0 Å². The summed E-state index contributed by atoms with van der Waals surface area (Å²) in [6.07, 6.45) is 4.07. The van der Waals surface area contributed by atoms with Crippen LogP contribution in [-0.2, 0) is 4.74 Å². The highest BCUT2D eigenvalue weighted by Gasteiger charge is 2.76. The van der Waals surface area contributed by atoms with Gasteiger partial charge in [-0.15, -0.1) is 0 Å². The third kappa shape index (κ3) is 3.02. The Morgan fingerprint density at radius 2 is 1.84 bits per heavy atom. The molecule has 144 valence electrons. The van der Waals surface area contributed by atoms with Crippen LogP contribution in [0.1, 0.15) is 61.8 Å². The molecule has 1 aliphatic heterocycles. The molecule has 0 aromatic heterocycles. The zero-order valence-corrected chi connectivity index (χ0v) is 16.0. The van der Waals surface area contributed by atoms with Crippen molar-refractivity contribution in [2.75, 3.05) is 0 Å². The predicted octanol–water partition coefficient (Wildman–Crippen LogP) is 4.34. The Bertz CT molecular complexity index is 559. The lowest BCUT2D eigenvalue weighted by Gasteiger charge is -2.59. The van der Waals surface area contributed by atoms with E-state index in [1.165, 1.54) is 12.0 Å². The molecule has 0 amide bonds. The van der Waals surface area contributed by atoms with E-state index in [9.17, 15) is 10.2 Å². The van der Waals surface area contributed by atoms with Crippen molar-refractivity contribution in [3.05, 3.63) is 23.8 Å². The van der Waals surface area contributed by atoms with Gasteiger partial charge in [-0.05, 0) is 50.9 Å². The highest BCUT2D eigenvalue weighted by Crippen LogP contribution is 2.70. The third-order valence-electron chi connectivity index (χ3n) is 7.62. The number of aliphatic hydroxyl groups is 2. The largest absolute Gasteiger partial charge is 0.392 e. The van der Waals surface area contributed by atoms with Gasteiger partial charge in [-0.1, -0.05) is 52.0 Å². The number of rotatable bonds is 1. The molecule has 3 saturated carbocycles. The number of aliphatic hydroxyl groups excluding tert-OH is 2. The molecule has 4 aliphatic carbocycles. The molecule has 3 nitrogen and oxygen atoms in total. The lowest BCUT2D eigenvalue weighted by molar-refractivity contribution is -0.139. The first-order valence-electron chi connectivity index (χ1n) is 9.37. The normalized spacial score (nSPS) is 48.5. The molecule has 2 N–H and O–H groups in total. The number of allylic oxidation sites excluding steroid dienone is 1. The molecule has 0 spiro atoms. The Balaban J connectivity index is 0.000000173. The van der Waals surface area contributed by atoms with E-state index in [1.807, 2.05) is 6.92 Å². The van der Waals surface area contributed by atoms with E-state index < -0.39 is 0 Å². The molecule has 8 atom stereocenters. The van der Waals surface area contributed by atoms with Crippen molar-refractivity contribution in [1.82, 2.24) is 0 Å². The van der Waals surface area contributed by atoms with Crippen molar-refractivity contribution in [2.45, 2.75) is 85.7 Å². The number of ether oxygens (including phenoxy) is 1. The summed E-state index contributed by atoms with van der Waals surface area (Å²) in [6, 6.07) is 0. The lowest BCUT2D eigenvalue weighted by atomic mass is 9.45. The van der Waals surface area contributed by atoms with Crippen LogP contribution in [0.2, 0.25) is 0 Å². The second-order valence-corrected chi connectivity index (χ2v) is 9.34. The Morgan fingerprint density at radius 1 is 1.24 bits per heavy atom. The molecule has 5 aliphatic rings. The van der Waals surface area contributed by atoms with Crippen molar-refractivity contribution in [1.29, 1.82) is 0 Å². The Kier molecular flexibility index (Phi) is 5.38. The minimum atomic E-state index is -0.229. The standard InChI is InChI=1S/C11H18O.C10H16O2.CH4/c1-7(2)10-6-5-8(3)9(4)11(10)12;1-9(2)5-4-6(9)10(3)8(12-10)7(5)11;/h5,9-12H,1,6H2,2-4H3;5-8,11H,4H2,1-3H3;1H4. The topological polar surface area (TPSA) is 53.0 Å². The fourth-order valence-corrected chi connectivity index (χ4v) is 5.40. The van der Waals surface area contributed by atoms with E-state index in [0.29, 0.717) is 23.2 Å².